The SMILES string of the molecule is COC(=O)Cc1ccc(CNC(C)c2ccc(Br)cc2)s1. The van der Waals surface area contributed by atoms with E-state index in [0.717, 1.165) is 15.9 Å². The van der Waals surface area contributed by atoms with Crippen LogP contribution in [-0.2, 0) is 22.5 Å². The van der Waals surface area contributed by atoms with Crippen molar-refractivity contribution in [1.82, 2.24) is 5.32 Å². The van der Waals surface area contributed by atoms with Crippen molar-refractivity contribution in [2.24, 2.45) is 0 Å². The van der Waals surface area contributed by atoms with Crippen LogP contribution in [0.3, 0.4) is 0 Å². The molecule has 0 aliphatic carbocycles. The van der Waals surface area contributed by atoms with E-state index in [1.807, 2.05) is 18.2 Å². The van der Waals surface area contributed by atoms with Crippen LogP contribution >= 0.6 is 27.3 Å². The maximum Gasteiger partial charge on any atom is 0.310 e. The fraction of sp³-hybridized carbons (Fsp3) is 0.312. The zero-order chi connectivity index (χ0) is 15.2. The average molecular weight is 368 g/mol. The quantitative estimate of drug-likeness (QED) is 0.781. The number of halogens is 1. The van der Waals surface area contributed by atoms with Crippen LogP contribution in [0.25, 0.3) is 0 Å². The van der Waals surface area contributed by atoms with Gasteiger partial charge >= 0.3 is 5.97 Å². The van der Waals surface area contributed by atoms with Gasteiger partial charge in [0.1, 0.15) is 0 Å². The zero-order valence-electron chi connectivity index (χ0n) is 12.1. The smallest absolute Gasteiger partial charge is 0.310 e. The highest BCUT2D eigenvalue weighted by Gasteiger charge is 2.08. The van der Waals surface area contributed by atoms with Crippen molar-refractivity contribution in [3.05, 3.63) is 56.2 Å². The summed E-state index contributed by atoms with van der Waals surface area (Å²) in [5.41, 5.74) is 1.25. The molecule has 0 aliphatic rings. The Labute approximate surface area is 137 Å². The summed E-state index contributed by atoms with van der Waals surface area (Å²) in [4.78, 5) is 13.5. The Balaban J connectivity index is 1.88. The molecule has 0 spiro atoms. The van der Waals surface area contributed by atoms with Crippen molar-refractivity contribution < 1.29 is 9.53 Å². The number of ether oxygens (including phenoxy) is 1. The van der Waals surface area contributed by atoms with Crippen LogP contribution in [-0.4, -0.2) is 13.1 Å². The fourth-order valence-corrected chi connectivity index (χ4v) is 3.17. The number of nitrogens with one attached hydrogen (secondary N) is 1. The van der Waals surface area contributed by atoms with E-state index in [0.29, 0.717) is 6.42 Å². The third kappa shape index (κ3) is 4.95. The van der Waals surface area contributed by atoms with Gasteiger partial charge < -0.3 is 10.1 Å². The zero-order valence-corrected chi connectivity index (χ0v) is 14.5. The van der Waals surface area contributed by atoms with Crippen LogP contribution in [0.2, 0.25) is 0 Å². The lowest BCUT2D eigenvalue weighted by atomic mass is 10.1. The lowest BCUT2D eigenvalue weighted by molar-refractivity contribution is -0.139. The summed E-state index contributed by atoms with van der Waals surface area (Å²) < 4.78 is 5.76. The molecular weight excluding hydrogens is 350 g/mol. The van der Waals surface area contributed by atoms with Gasteiger partial charge in [-0.15, -0.1) is 11.3 Å². The predicted octanol–water partition coefficient (Wildman–Crippen LogP) is 4.08. The minimum Gasteiger partial charge on any atom is -0.469 e. The largest absolute Gasteiger partial charge is 0.469 e. The Kier molecular flexibility index (Phi) is 5.96. The Morgan fingerprint density at radius 2 is 1.90 bits per heavy atom. The Morgan fingerprint density at radius 1 is 1.24 bits per heavy atom. The van der Waals surface area contributed by atoms with E-state index in [1.165, 1.54) is 17.6 Å². The summed E-state index contributed by atoms with van der Waals surface area (Å²) in [6.07, 6.45) is 0.351. The van der Waals surface area contributed by atoms with Gasteiger partial charge in [0.15, 0.2) is 0 Å². The molecule has 1 atom stereocenters. The summed E-state index contributed by atoms with van der Waals surface area (Å²) in [6.45, 7) is 2.94. The highest BCUT2D eigenvalue weighted by atomic mass is 79.9. The Bertz CT molecular complexity index is 595. The average Bonchev–Trinajstić information content (AvgIpc) is 2.93. The van der Waals surface area contributed by atoms with Crippen LogP contribution in [0.4, 0.5) is 0 Å². The molecule has 1 aromatic heterocycles. The third-order valence-electron chi connectivity index (χ3n) is 3.22. The van der Waals surface area contributed by atoms with E-state index in [-0.39, 0.29) is 12.0 Å². The lowest BCUT2D eigenvalue weighted by Crippen LogP contribution is -2.17. The first-order chi connectivity index (χ1) is 10.1. The van der Waals surface area contributed by atoms with Gasteiger partial charge in [0, 0.05) is 26.8 Å². The highest BCUT2D eigenvalue weighted by Crippen LogP contribution is 2.20. The van der Waals surface area contributed by atoms with Gasteiger partial charge in [-0.25, -0.2) is 0 Å². The monoisotopic (exact) mass is 367 g/mol. The number of carbonyl (C=O) groups is 1. The lowest BCUT2D eigenvalue weighted by Gasteiger charge is -2.13. The van der Waals surface area contributed by atoms with E-state index in [4.69, 9.17) is 0 Å². The maximum absolute atomic E-state index is 11.2. The Hall–Kier alpha value is -1.17. The van der Waals surface area contributed by atoms with Crippen LogP contribution in [0.5, 0.6) is 0 Å². The molecule has 2 rings (SSSR count). The van der Waals surface area contributed by atoms with Gasteiger partial charge in [0.25, 0.3) is 0 Å². The standard InChI is InChI=1S/C16H18BrNO2S/c1-11(12-3-5-13(17)6-4-12)18-10-15-8-7-14(21-15)9-16(19)20-2/h3-8,11,18H,9-10H2,1-2H3. The molecule has 0 fully saturated rings. The van der Waals surface area contributed by atoms with Gasteiger partial charge in [0.05, 0.1) is 13.5 Å². The van der Waals surface area contributed by atoms with Crippen molar-refractivity contribution in [3.8, 4) is 0 Å². The molecule has 21 heavy (non-hydrogen) atoms. The summed E-state index contributed by atoms with van der Waals surface area (Å²) in [5, 5.41) is 3.49. The second-order valence-corrected chi connectivity index (χ2v) is 6.94. The fourth-order valence-electron chi connectivity index (χ4n) is 1.95. The molecule has 112 valence electrons. The van der Waals surface area contributed by atoms with Crippen LogP contribution in [0, 0.1) is 0 Å². The molecule has 2 aromatic rings. The number of thiophene rings is 1. The first-order valence-electron chi connectivity index (χ1n) is 6.71. The molecule has 0 bridgehead atoms. The van der Waals surface area contributed by atoms with Gasteiger partial charge in [0.2, 0.25) is 0 Å². The topological polar surface area (TPSA) is 38.3 Å². The summed E-state index contributed by atoms with van der Waals surface area (Å²) >= 11 is 5.09. The van der Waals surface area contributed by atoms with E-state index in [9.17, 15) is 4.79 Å². The Morgan fingerprint density at radius 3 is 2.57 bits per heavy atom. The first kappa shape index (κ1) is 16.2. The van der Waals surface area contributed by atoms with Crippen LogP contribution in [0.15, 0.2) is 40.9 Å². The van der Waals surface area contributed by atoms with E-state index in [2.05, 4.69) is 51.1 Å². The molecule has 1 N–H and O–H groups in total. The minimum absolute atomic E-state index is 0.195. The minimum atomic E-state index is -0.195. The summed E-state index contributed by atoms with van der Waals surface area (Å²) in [7, 11) is 1.41. The molecule has 1 heterocycles. The molecule has 0 aliphatic heterocycles. The number of rotatable bonds is 6. The second kappa shape index (κ2) is 7.73. The summed E-state index contributed by atoms with van der Waals surface area (Å²) in [6, 6.07) is 12.6. The van der Waals surface area contributed by atoms with Crippen molar-refractivity contribution in [3.63, 3.8) is 0 Å². The van der Waals surface area contributed by atoms with Gasteiger partial charge in [-0.2, -0.15) is 0 Å². The molecular formula is C16H18BrNO2S. The number of benzene rings is 1. The van der Waals surface area contributed by atoms with E-state index in [1.54, 1.807) is 11.3 Å². The number of hydrogen-bond acceptors (Lipinski definition) is 4. The number of carbonyl (C=O) groups excluding carboxylic acids is 1. The van der Waals surface area contributed by atoms with Gasteiger partial charge in [-0.1, -0.05) is 28.1 Å². The molecule has 0 radical (unpaired) electrons. The van der Waals surface area contributed by atoms with E-state index >= 15 is 0 Å². The molecule has 0 saturated carbocycles. The first-order valence-corrected chi connectivity index (χ1v) is 8.32. The highest BCUT2D eigenvalue weighted by molar-refractivity contribution is 9.10. The van der Waals surface area contributed by atoms with Crippen molar-refractivity contribution >= 4 is 33.2 Å². The van der Waals surface area contributed by atoms with Crippen molar-refractivity contribution in [1.29, 1.82) is 0 Å². The molecule has 1 unspecified atom stereocenters. The van der Waals surface area contributed by atoms with Gasteiger partial charge in [-0.3, -0.25) is 4.79 Å². The molecule has 0 amide bonds. The van der Waals surface area contributed by atoms with Gasteiger partial charge in [-0.05, 0) is 36.8 Å². The van der Waals surface area contributed by atoms with Crippen LogP contribution < -0.4 is 5.32 Å². The van der Waals surface area contributed by atoms with Crippen LogP contribution in [0.1, 0.15) is 28.3 Å². The van der Waals surface area contributed by atoms with Crippen molar-refractivity contribution in [2.75, 3.05) is 7.11 Å². The third-order valence-corrected chi connectivity index (χ3v) is 4.83. The number of methoxy groups -OCH3 is 1. The predicted molar refractivity (Wildman–Crippen MR) is 89.4 cm³/mol. The second-order valence-electron chi connectivity index (χ2n) is 4.78. The number of hydrogen-bond donors (Lipinski definition) is 1. The molecule has 3 nitrogen and oxygen atoms in total. The van der Waals surface area contributed by atoms with Crippen molar-refractivity contribution in [2.45, 2.75) is 25.9 Å². The molecule has 5 heteroatoms. The normalized spacial score (nSPS) is 12.1. The maximum atomic E-state index is 11.2. The number of esters is 1. The van der Waals surface area contributed by atoms with E-state index < -0.39 is 0 Å². The summed E-state index contributed by atoms with van der Waals surface area (Å²) in [5.74, 6) is -0.195. The molecule has 1 aromatic carbocycles. The molecule has 0 saturated heterocycles.